The number of rotatable bonds is 9. The molecule has 244 valence electrons. The molecular formula is C39H47ClN2O4. The highest BCUT2D eigenvalue weighted by Crippen LogP contribution is 2.56. The summed E-state index contributed by atoms with van der Waals surface area (Å²) in [6.45, 7) is 9.13. The lowest BCUT2D eigenvalue weighted by atomic mass is 9.61. The number of aliphatic hydroxyl groups is 1. The number of aromatic nitrogens is 1. The summed E-state index contributed by atoms with van der Waals surface area (Å²) in [7, 11) is 1.46. The maximum absolute atomic E-state index is 13.4. The first kappa shape index (κ1) is 32.6. The first-order valence-electron chi connectivity index (χ1n) is 16.8. The number of esters is 1. The summed E-state index contributed by atoms with van der Waals surface area (Å²) in [5.74, 6) is 1.46. The number of pyridine rings is 1. The fourth-order valence-corrected chi connectivity index (χ4v) is 8.43. The molecule has 0 amide bonds. The van der Waals surface area contributed by atoms with Crippen LogP contribution in [0.15, 0.2) is 54.2 Å². The molecule has 3 atom stereocenters. The number of hydrogen-bond acceptors (Lipinski definition) is 6. The van der Waals surface area contributed by atoms with Crippen molar-refractivity contribution in [1.82, 2.24) is 4.98 Å². The van der Waals surface area contributed by atoms with Gasteiger partial charge in [-0.15, -0.1) is 0 Å². The average molecular weight is 643 g/mol. The van der Waals surface area contributed by atoms with Crippen LogP contribution >= 0.6 is 11.6 Å². The van der Waals surface area contributed by atoms with Crippen LogP contribution in [-0.4, -0.2) is 35.3 Å². The molecule has 1 fully saturated rings. The van der Waals surface area contributed by atoms with Crippen LogP contribution in [0.4, 0.5) is 5.69 Å². The molecule has 1 spiro atoms. The molecule has 0 aliphatic heterocycles. The smallest absolute Gasteiger partial charge is 0.331 e. The number of carbonyl (C=O) groups is 1. The molecule has 1 heterocycles. The first-order valence-corrected chi connectivity index (χ1v) is 17.2. The van der Waals surface area contributed by atoms with Crippen LogP contribution in [0.2, 0.25) is 5.02 Å². The Morgan fingerprint density at radius 2 is 1.93 bits per heavy atom. The van der Waals surface area contributed by atoms with Gasteiger partial charge in [0.2, 0.25) is 0 Å². The molecule has 3 aromatic rings. The Labute approximate surface area is 278 Å². The van der Waals surface area contributed by atoms with Crippen LogP contribution in [0.3, 0.4) is 0 Å². The van der Waals surface area contributed by atoms with Crippen molar-refractivity contribution >= 4 is 29.3 Å². The number of ether oxygens (including phenoxy) is 2. The molecule has 46 heavy (non-hydrogen) atoms. The third kappa shape index (κ3) is 6.06. The maximum Gasteiger partial charge on any atom is 0.331 e. The Morgan fingerprint density at radius 1 is 1.15 bits per heavy atom. The quantitative estimate of drug-likeness (QED) is 0.227. The van der Waals surface area contributed by atoms with E-state index in [9.17, 15) is 9.90 Å². The van der Waals surface area contributed by atoms with Gasteiger partial charge >= 0.3 is 5.97 Å². The molecule has 1 saturated carbocycles. The Hall–Kier alpha value is -3.35. The predicted molar refractivity (Wildman–Crippen MR) is 185 cm³/mol. The Kier molecular flexibility index (Phi) is 9.24. The van der Waals surface area contributed by atoms with Crippen molar-refractivity contribution in [3.63, 3.8) is 0 Å². The normalized spacial score (nSPS) is 24.8. The van der Waals surface area contributed by atoms with E-state index in [2.05, 4.69) is 49.3 Å². The molecule has 7 heteroatoms. The lowest BCUT2D eigenvalue weighted by Crippen LogP contribution is -2.52. The van der Waals surface area contributed by atoms with E-state index in [0.29, 0.717) is 30.4 Å². The second kappa shape index (κ2) is 13.0. The van der Waals surface area contributed by atoms with E-state index in [1.807, 2.05) is 43.5 Å². The van der Waals surface area contributed by atoms with Crippen molar-refractivity contribution in [3.05, 3.63) is 92.8 Å². The number of hydrogen-bond donors (Lipinski definition) is 2. The monoisotopic (exact) mass is 642 g/mol. The summed E-state index contributed by atoms with van der Waals surface area (Å²) >= 11 is 6.31. The summed E-state index contributed by atoms with van der Waals surface area (Å²) in [6.07, 6.45) is 10.7. The van der Waals surface area contributed by atoms with E-state index in [1.165, 1.54) is 53.5 Å². The van der Waals surface area contributed by atoms with Gasteiger partial charge in [0.1, 0.15) is 11.3 Å². The minimum Gasteiger partial charge on any atom is -0.493 e. The minimum absolute atomic E-state index is 0.239. The third-order valence-corrected chi connectivity index (χ3v) is 11.0. The number of nitrogens with one attached hydrogen (secondary N) is 1. The Bertz CT molecular complexity index is 1640. The zero-order valence-corrected chi connectivity index (χ0v) is 28.5. The summed E-state index contributed by atoms with van der Waals surface area (Å²) in [5, 5.41) is 14.8. The number of benzene rings is 2. The summed E-state index contributed by atoms with van der Waals surface area (Å²) < 4.78 is 11.9. The molecular weight excluding hydrogens is 596 g/mol. The fraction of sp³-hybridized carbons (Fsp3) is 0.487. The zero-order valence-electron chi connectivity index (χ0n) is 27.8. The zero-order chi connectivity index (χ0) is 32.6. The van der Waals surface area contributed by atoms with Gasteiger partial charge in [-0.1, -0.05) is 55.3 Å². The van der Waals surface area contributed by atoms with E-state index in [1.54, 1.807) is 0 Å². The number of nitrogens with zero attached hydrogens (tertiary/aromatic N) is 1. The summed E-state index contributed by atoms with van der Waals surface area (Å²) in [6, 6.07) is 13.9. The first-order chi connectivity index (χ1) is 22.0. The standard InChI is InChI=1S/C39H47ClN2O4/c1-24(23-46-35-12-17-41-34-11-6-8-25(2)36(34)35)18-29-21-32-26(3)19-28(27(4)43)20-33(32)38(29)13-15-39(16-14-38,37(44)45-5)42-31-10-7-9-30(40)22-31/h7,9-10,12,17,19-22,24-25,27,42-43H,6,8,11,13-16,18,23H2,1-5H3/t24-,25-,27-,38?,39?/m1/s1. The van der Waals surface area contributed by atoms with Crippen molar-refractivity contribution in [2.45, 2.75) is 102 Å². The fourth-order valence-electron chi connectivity index (χ4n) is 8.24. The van der Waals surface area contributed by atoms with E-state index in [0.717, 1.165) is 42.7 Å². The molecule has 0 bridgehead atoms. The third-order valence-electron chi connectivity index (χ3n) is 10.7. The van der Waals surface area contributed by atoms with Crippen LogP contribution in [0.25, 0.3) is 6.08 Å². The molecule has 0 saturated heterocycles. The highest BCUT2D eigenvalue weighted by Gasteiger charge is 2.52. The molecule has 2 aromatic carbocycles. The van der Waals surface area contributed by atoms with Crippen LogP contribution in [0.1, 0.15) is 111 Å². The van der Waals surface area contributed by atoms with Gasteiger partial charge in [0.15, 0.2) is 0 Å². The van der Waals surface area contributed by atoms with Crippen molar-refractivity contribution in [3.8, 4) is 5.75 Å². The second-order valence-electron chi connectivity index (χ2n) is 14.0. The number of allylic oxidation sites excluding steroid dienone is 1. The number of anilines is 1. The molecule has 6 rings (SSSR count). The molecule has 0 unspecified atom stereocenters. The number of carbonyl (C=O) groups excluding carboxylic acids is 1. The van der Waals surface area contributed by atoms with Crippen LogP contribution in [0, 0.1) is 12.8 Å². The molecule has 2 N–H and O–H groups in total. The van der Waals surface area contributed by atoms with Crippen LogP contribution in [-0.2, 0) is 21.4 Å². The molecule has 1 aromatic heterocycles. The van der Waals surface area contributed by atoms with E-state index in [4.69, 9.17) is 21.1 Å². The van der Waals surface area contributed by atoms with Gasteiger partial charge in [0.05, 0.1) is 19.8 Å². The number of halogens is 1. The van der Waals surface area contributed by atoms with E-state index in [-0.39, 0.29) is 17.3 Å². The highest BCUT2D eigenvalue weighted by molar-refractivity contribution is 6.30. The van der Waals surface area contributed by atoms with Crippen LogP contribution < -0.4 is 10.1 Å². The maximum atomic E-state index is 13.4. The molecule has 6 nitrogen and oxygen atoms in total. The Morgan fingerprint density at radius 3 is 2.65 bits per heavy atom. The molecule has 3 aliphatic carbocycles. The topological polar surface area (TPSA) is 80.7 Å². The van der Waals surface area contributed by atoms with Crippen molar-refractivity contribution in [2.75, 3.05) is 19.0 Å². The predicted octanol–water partition coefficient (Wildman–Crippen LogP) is 8.87. The summed E-state index contributed by atoms with van der Waals surface area (Å²) in [4.78, 5) is 18.1. The van der Waals surface area contributed by atoms with Gasteiger partial charge in [-0.05, 0) is 124 Å². The van der Waals surface area contributed by atoms with E-state index >= 15 is 0 Å². The van der Waals surface area contributed by atoms with Crippen molar-refractivity contribution < 1.29 is 19.4 Å². The number of fused-ring (bicyclic) bond motifs is 3. The molecule has 3 aliphatic rings. The lowest BCUT2D eigenvalue weighted by Gasteiger charge is -2.46. The van der Waals surface area contributed by atoms with Gasteiger partial charge in [0, 0.05) is 33.6 Å². The van der Waals surface area contributed by atoms with Gasteiger partial charge in [-0.25, -0.2) is 4.79 Å². The van der Waals surface area contributed by atoms with E-state index < -0.39 is 11.6 Å². The van der Waals surface area contributed by atoms with Gasteiger partial charge < -0.3 is 19.9 Å². The number of methoxy groups -OCH3 is 1. The van der Waals surface area contributed by atoms with Gasteiger partial charge in [0.25, 0.3) is 0 Å². The molecule has 0 radical (unpaired) electrons. The minimum atomic E-state index is -0.860. The van der Waals surface area contributed by atoms with Gasteiger partial charge in [-0.3, -0.25) is 4.98 Å². The van der Waals surface area contributed by atoms with Crippen LogP contribution in [0.5, 0.6) is 5.75 Å². The van der Waals surface area contributed by atoms with Gasteiger partial charge in [-0.2, -0.15) is 0 Å². The lowest BCUT2D eigenvalue weighted by molar-refractivity contribution is -0.147. The van der Waals surface area contributed by atoms with Crippen molar-refractivity contribution in [1.29, 1.82) is 0 Å². The summed E-state index contributed by atoms with van der Waals surface area (Å²) in [5.41, 5.74) is 8.18. The second-order valence-corrected chi connectivity index (χ2v) is 14.5. The average Bonchev–Trinajstić information content (AvgIpc) is 3.33. The number of aryl methyl sites for hydroxylation is 2. The Balaban J connectivity index is 1.28. The SMILES string of the molecule is COC(=O)C1(Nc2cccc(Cl)c2)CCC2(CC1)C(C[C@@H](C)COc1ccnc3c1[C@H](C)CCC3)=Cc1c(C)cc([C@@H](C)O)cc12. The number of aliphatic hydroxyl groups excluding tert-OH is 1. The largest absolute Gasteiger partial charge is 0.493 e. The highest BCUT2D eigenvalue weighted by atomic mass is 35.5. The van der Waals surface area contributed by atoms with Crippen molar-refractivity contribution in [2.24, 2.45) is 5.92 Å².